The summed E-state index contributed by atoms with van der Waals surface area (Å²) in [4.78, 5) is 11.8. The van der Waals surface area contributed by atoms with Crippen LogP contribution in [0.15, 0.2) is 10.6 Å². The van der Waals surface area contributed by atoms with Crippen LogP contribution < -0.4 is 10.9 Å². The summed E-state index contributed by atoms with van der Waals surface area (Å²) >= 11 is 0.942. The Balaban J connectivity index is 4.15. The first-order valence-electron chi connectivity index (χ1n) is 3.99. The van der Waals surface area contributed by atoms with Gasteiger partial charge in [-0.1, -0.05) is 13.3 Å². The Morgan fingerprint density at radius 1 is 1.50 bits per heavy atom. The average Bonchev–Trinajstić information content (AvgIpc) is 2.01. The Kier molecular flexibility index (Phi) is 5.84. The molecular formula is C8H16N2OS. The van der Waals surface area contributed by atoms with E-state index >= 15 is 0 Å². The molecule has 0 fully saturated rings. The van der Waals surface area contributed by atoms with E-state index in [0.29, 0.717) is 17.0 Å². The molecule has 0 aliphatic rings. The van der Waals surface area contributed by atoms with Crippen LogP contribution in [0.4, 0.5) is 0 Å². The molecule has 0 rings (SSSR count). The summed E-state index contributed by atoms with van der Waals surface area (Å²) in [6, 6.07) is 0. The highest BCUT2D eigenvalue weighted by Gasteiger charge is 2.09. The number of rotatable bonds is 5. The lowest BCUT2D eigenvalue weighted by molar-refractivity contribution is -0.115. The lowest BCUT2D eigenvalue weighted by Crippen LogP contribution is -2.08. The van der Waals surface area contributed by atoms with Crippen LogP contribution in [0.1, 0.15) is 33.1 Å². The molecule has 0 amide bonds. The van der Waals surface area contributed by atoms with E-state index in [4.69, 9.17) is 10.9 Å². The van der Waals surface area contributed by atoms with Crippen LogP contribution in [0.25, 0.3) is 0 Å². The van der Waals surface area contributed by atoms with Crippen molar-refractivity contribution in [2.75, 3.05) is 0 Å². The summed E-state index contributed by atoms with van der Waals surface area (Å²) in [5.74, 6) is 0.0596. The van der Waals surface area contributed by atoms with Gasteiger partial charge in [0.05, 0.1) is 4.91 Å². The van der Waals surface area contributed by atoms with Crippen LogP contribution in [0.5, 0.6) is 0 Å². The molecule has 0 aliphatic carbocycles. The van der Waals surface area contributed by atoms with Crippen LogP contribution in [-0.2, 0) is 4.79 Å². The molecule has 0 spiro atoms. The SMILES string of the molecule is CCCCC(=O)/C(SN)=C(\C)N. The summed E-state index contributed by atoms with van der Waals surface area (Å²) in [5, 5.41) is 5.30. The molecule has 70 valence electrons. The smallest absolute Gasteiger partial charge is 0.172 e. The van der Waals surface area contributed by atoms with E-state index in [1.165, 1.54) is 0 Å². The first kappa shape index (κ1) is 11.5. The van der Waals surface area contributed by atoms with Gasteiger partial charge in [0.1, 0.15) is 0 Å². The molecule has 0 aromatic heterocycles. The third-order valence-electron chi connectivity index (χ3n) is 1.49. The van der Waals surface area contributed by atoms with Crippen molar-refractivity contribution in [2.24, 2.45) is 10.9 Å². The van der Waals surface area contributed by atoms with Gasteiger partial charge in [0.2, 0.25) is 0 Å². The lowest BCUT2D eigenvalue weighted by atomic mass is 10.1. The van der Waals surface area contributed by atoms with Gasteiger partial charge in [-0.15, -0.1) is 0 Å². The minimum Gasteiger partial charge on any atom is -0.401 e. The topological polar surface area (TPSA) is 69.1 Å². The van der Waals surface area contributed by atoms with E-state index in [9.17, 15) is 4.79 Å². The van der Waals surface area contributed by atoms with Gasteiger partial charge < -0.3 is 5.73 Å². The van der Waals surface area contributed by atoms with E-state index in [0.717, 1.165) is 24.8 Å². The molecule has 0 aromatic rings. The molecule has 0 aliphatic heterocycles. The number of allylic oxidation sites excluding steroid dienone is 2. The number of Topliss-reactive ketones (excluding diaryl/α,β-unsaturated/α-hetero) is 1. The standard InChI is InChI=1S/C8H16N2OS/c1-3-4-5-7(11)8(12-10)6(2)9/h3-5,9-10H2,1-2H3/b8-6-. The number of nitrogens with two attached hydrogens (primary N) is 2. The second-order valence-corrected chi connectivity index (χ2v) is 3.30. The Labute approximate surface area is 77.7 Å². The predicted octanol–water partition coefficient (Wildman–Crippen LogP) is 1.54. The zero-order valence-corrected chi connectivity index (χ0v) is 8.41. The van der Waals surface area contributed by atoms with Crippen molar-refractivity contribution < 1.29 is 4.79 Å². The van der Waals surface area contributed by atoms with Crippen molar-refractivity contribution in [1.82, 2.24) is 0 Å². The summed E-state index contributed by atoms with van der Waals surface area (Å²) in [5.41, 5.74) is 6.00. The number of unbranched alkanes of at least 4 members (excludes halogenated alkanes) is 1. The first-order chi connectivity index (χ1) is 5.63. The Morgan fingerprint density at radius 3 is 2.42 bits per heavy atom. The molecule has 4 N–H and O–H groups in total. The van der Waals surface area contributed by atoms with Gasteiger partial charge in [0.25, 0.3) is 0 Å². The molecule has 0 bridgehead atoms. The number of ketones is 1. The zero-order valence-electron chi connectivity index (χ0n) is 7.59. The second-order valence-electron chi connectivity index (χ2n) is 2.66. The van der Waals surface area contributed by atoms with Crippen LogP contribution in [0, 0.1) is 0 Å². The second kappa shape index (κ2) is 6.08. The largest absolute Gasteiger partial charge is 0.401 e. The highest BCUT2D eigenvalue weighted by molar-refractivity contribution is 8.01. The number of hydrogen-bond acceptors (Lipinski definition) is 4. The Hall–Kier alpha value is -0.480. The van der Waals surface area contributed by atoms with Crippen molar-refractivity contribution in [2.45, 2.75) is 33.1 Å². The zero-order chi connectivity index (χ0) is 9.56. The van der Waals surface area contributed by atoms with Crippen molar-refractivity contribution in [1.29, 1.82) is 0 Å². The van der Waals surface area contributed by atoms with Gasteiger partial charge in [-0.3, -0.25) is 9.93 Å². The monoisotopic (exact) mass is 188 g/mol. The summed E-state index contributed by atoms with van der Waals surface area (Å²) < 4.78 is 0. The number of carbonyl (C=O) groups excluding carboxylic acids is 1. The fourth-order valence-electron chi connectivity index (χ4n) is 0.829. The molecule has 0 saturated heterocycles. The van der Waals surface area contributed by atoms with E-state index in [2.05, 4.69) is 0 Å². The van der Waals surface area contributed by atoms with Crippen molar-refractivity contribution in [3.63, 3.8) is 0 Å². The molecular weight excluding hydrogens is 172 g/mol. The maximum absolute atomic E-state index is 11.3. The molecule has 0 heterocycles. The molecule has 4 heteroatoms. The van der Waals surface area contributed by atoms with Crippen molar-refractivity contribution in [3.8, 4) is 0 Å². The minimum absolute atomic E-state index is 0.0596. The van der Waals surface area contributed by atoms with E-state index in [1.54, 1.807) is 6.92 Å². The Bertz CT molecular complexity index is 185. The fourth-order valence-corrected chi connectivity index (χ4v) is 1.25. The summed E-state index contributed by atoms with van der Waals surface area (Å²) in [7, 11) is 0. The van der Waals surface area contributed by atoms with Crippen molar-refractivity contribution in [3.05, 3.63) is 10.6 Å². The number of carbonyl (C=O) groups is 1. The highest BCUT2D eigenvalue weighted by atomic mass is 32.2. The third-order valence-corrected chi connectivity index (χ3v) is 2.27. The van der Waals surface area contributed by atoms with Crippen LogP contribution in [0.3, 0.4) is 0 Å². The summed E-state index contributed by atoms with van der Waals surface area (Å²) in [6.07, 6.45) is 2.46. The van der Waals surface area contributed by atoms with Gasteiger partial charge in [-0.2, -0.15) is 0 Å². The molecule has 0 saturated carbocycles. The quantitative estimate of drug-likeness (QED) is 0.507. The summed E-state index contributed by atoms with van der Waals surface area (Å²) in [6.45, 7) is 3.74. The maximum Gasteiger partial charge on any atom is 0.172 e. The van der Waals surface area contributed by atoms with Crippen LogP contribution in [0.2, 0.25) is 0 Å². The maximum atomic E-state index is 11.3. The third kappa shape index (κ3) is 3.78. The van der Waals surface area contributed by atoms with Gasteiger partial charge in [-0.05, 0) is 25.3 Å². The van der Waals surface area contributed by atoms with E-state index in [-0.39, 0.29) is 5.78 Å². The highest BCUT2D eigenvalue weighted by Crippen LogP contribution is 2.15. The molecule has 0 unspecified atom stereocenters. The predicted molar refractivity (Wildman–Crippen MR) is 53.2 cm³/mol. The van der Waals surface area contributed by atoms with Gasteiger partial charge in [-0.25, -0.2) is 0 Å². The molecule has 0 radical (unpaired) electrons. The first-order valence-corrected chi connectivity index (χ1v) is 4.87. The van der Waals surface area contributed by atoms with Gasteiger partial charge >= 0.3 is 0 Å². The molecule has 3 nitrogen and oxygen atoms in total. The molecule has 12 heavy (non-hydrogen) atoms. The normalized spacial score (nSPS) is 12.6. The van der Waals surface area contributed by atoms with Crippen molar-refractivity contribution >= 4 is 17.7 Å². The van der Waals surface area contributed by atoms with E-state index in [1.807, 2.05) is 6.92 Å². The van der Waals surface area contributed by atoms with Gasteiger partial charge in [0, 0.05) is 12.1 Å². The van der Waals surface area contributed by atoms with Crippen LogP contribution in [-0.4, -0.2) is 5.78 Å². The lowest BCUT2D eigenvalue weighted by Gasteiger charge is -2.03. The molecule has 0 aromatic carbocycles. The minimum atomic E-state index is 0.0596. The fraction of sp³-hybridized carbons (Fsp3) is 0.625. The van der Waals surface area contributed by atoms with Gasteiger partial charge in [0.15, 0.2) is 5.78 Å². The average molecular weight is 188 g/mol. The Morgan fingerprint density at radius 2 is 2.08 bits per heavy atom. The van der Waals surface area contributed by atoms with Crippen LogP contribution >= 0.6 is 11.9 Å². The van der Waals surface area contributed by atoms with E-state index < -0.39 is 0 Å². The number of hydrogen-bond donors (Lipinski definition) is 2. The molecule has 0 atom stereocenters.